The van der Waals surface area contributed by atoms with Gasteiger partial charge in [0.1, 0.15) is 24.7 Å². The maximum Gasteiger partial charge on any atom is 0.330 e. The molecule has 0 aromatic heterocycles. The van der Waals surface area contributed by atoms with E-state index in [1.165, 1.54) is 0 Å². The molecule has 0 amide bonds. The van der Waals surface area contributed by atoms with Gasteiger partial charge < -0.3 is 14.2 Å². The standard InChI is InChI=1S/C17H18O4/c1-3-17(18)21-11-10-20-16-7-5-6-13-12-14(19-4-2)8-9-15(13)16/h3,5-9,12H,1,4,10-11H2,2H3. The third-order valence-electron chi connectivity index (χ3n) is 2.87. The molecule has 0 saturated heterocycles. The predicted octanol–water partition coefficient (Wildman–Crippen LogP) is 3.35. The van der Waals surface area contributed by atoms with Crippen molar-refractivity contribution >= 4 is 16.7 Å². The Morgan fingerprint density at radius 1 is 1.19 bits per heavy atom. The zero-order valence-electron chi connectivity index (χ0n) is 12.0. The first-order valence-electron chi connectivity index (χ1n) is 6.82. The van der Waals surface area contributed by atoms with Gasteiger partial charge in [-0.15, -0.1) is 0 Å². The lowest BCUT2D eigenvalue weighted by molar-refractivity contribution is -0.138. The van der Waals surface area contributed by atoms with Crippen molar-refractivity contribution < 1.29 is 19.0 Å². The monoisotopic (exact) mass is 286 g/mol. The van der Waals surface area contributed by atoms with E-state index in [9.17, 15) is 4.79 Å². The molecule has 0 unspecified atom stereocenters. The molecule has 0 N–H and O–H groups in total. The number of hydrogen-bond acceptors (Lipinski definition) is 4. The third kappa shape index (κ3) is 3.99. The highest BCUT2D eigenvalue weighted by molar-refractivity contribution is 5.89. The van der Waals surface area contributed by atoms with Crippen molar-refractivity contribution in [1.29, 1.82) is 0 Å². The van der Waals surface area contributed by atoms with E-state index in [0.29, 0.717) is 13.2 Å². The molecule has 0 saturated carbocycles. The van der Waals surface area contributed by atoms with Gasteiger partial charge in [0, 0.05) is 11.5 Å². The summed E-state index contributed by atoms with van der Waals surface area (Å²) in [4.78, 5) is 10.9. The Morgan fingerprint density at radius 3 is 2.81 bits per heavy atom. The highest BCUT2D eigenvalue weighted by Gasteiger charge is 2.04. The van der Waals surface area contributed by atoms with Crippen LogP contribution in [-0.4, -0.2) is 25.8 Å². The van der Waals surface area contributed by atoms with E-state index in [1.54, 1.807) is 0 Å². The number of ether oxygens (including phenoxy) is 3. The van der Waals surface area contributed by atoms with Gasteiger partial charge in [0.2, 0.25) is 0 Å². The minimum Gasteiger partial charge on any atom is -0.494 e. The van der Waals surface area contributed by atoms with Gasteiger partial charge in [0.15, 0.2) is 0 Å². The second-order valence-electron chi connectivity index (χ2n) is 4.29. The fraction of sp³-hybridized carbons (Fsp3) is 0.235. The van der Waals surface area contributed by atoms with Crippen LogP contribution in [0, 0.1) is 0 Å². The van der Waals surface area contributed by atoms with E-state index in [-0.39, 0.29) is 6.61 Å². The van der Waals surface area contributed by atoms with E-state index in [2.05, 4.69) is 6.58 Å². The summed E-state index contributed by atoms with van der Waals surface area (Å²) in [7, 11) is 0. The topological polar surface area (TPSA) is 44.8 Å². The predicted molar refractivity (Wildman–Crippen MR) is 81.8 cm³/mol. The molecule has 0 bridgehead atoms. The van der Waals surface area contributed by atoms with E-state index >= 15 is 0 Å². The second-order valence-corrected chi connectivity index (χ2v) is 4.29. The van der Waals surface area contributed by atoms with Crippen LogP contribution in [0.1, 0.15) is 6.92 Å². The lowest BCUT2D eigenvalue weighted by Gasteiger charge is -2.10. The fourth-order valence-corrected chi connectivity index (χ4v) is 1.97. The van der Waals surface area contributed by atoms with Crippen LogP contribution in [0.25, 0.3) is 10.8 Å². The Kier molecular flexibility index (Phi) is 5.21. The number of carbonyl (C=O) groups excluding carboxylic acids is 1. The first-order valence-corrected chi connectivity index (χ1v) is 6.82. The van der Waals surface area contributed by atoms with Gasteiger partial charge >= 0.3 is 5.97 Å². The minimum atomic E-state index is -0.446. The van der Waals surface area contributed by atoms with E-state index in [4.69, 9.17) is 14.2 Å². The Hall–Kier alpha value is -2.49. The first-order chi connectivity index (χ1) is 10.2. The molecule has 0 radical (unpaired) electrons. The van der Waals surface area contributed by atoms with Crippen LogP contribution in [0.5, 0.6) is 11.5 Å². The van der Waals surface area contributed by atoms with Crippen molar-refractivity contribution in [2.75, 3.05) is 19.8 Å². The number of fused-ring (bicyclic) bond motifs is 1. The average Bonchev–Trinajstić information content (AvgIpc) is 2.51. The minimum absolute atomic E-state index is 0.193. The smallest absolute Gasteiger partial charge is 0.330 e. The van der Waals surface area contributed by atoms with Crippen molar-refractivity contribution in [3.05, 3.63) is 49.1 Å². The Balaban J connectivity index is 2.06. The van der Waals surface area contributed by atoms with Crippen molar-refractivity contribution in [3.8, 4) is 11.5 Å². The summed E-state index contributed by atoms with van der Waals surface area (Å²) in [5.74, 6) is 1.14. The summed E-state index contributed by atoms with van der Waals surface area (Å²) in [5, 5.41) is 2.04. The molecule has 2 aromatic rings. The lowest BCUT2D eigenvalue weighted by Crippen LogP contribution is -2.10. The molecule has 0 aliphatic heterocycles. The maximum absolute atomic E-state index is 10.9. The van der Waals surface area contributed by atoms with Crippen LogP contribution in [0.3, 0.4) is 0 Å². The molecular formula is C17H18O4. The van der Waals surface area contributed by atoms with Crippen molar-refractivity contribution in [2.45, 2.75) is 6.92 Å². The van der Waals surface area contributed by atoms with E-state index < -0.39 is 5.97 Å². The van der Waals surface area contributed by atoms with Crippen molar-refractivity contribution in [2.24, 2.45) is 0 Å². The zero-order valence-corrected chi connectivity index (χ0v) is 12.0. The molecular weight excluding hydrogens is 268 g/mol. The number of esters is 1. The van der Waals surface area contributed by atoms with E-state index in [0.717, 1.165) is 28.3 Å². The Labute approximate surface area is 123 Å². The molecule has 0 aliphatic carbocycles. The molecule has 0 aliphatic rings. The van der Waals surface area contributed by atoms with Crippen LogP contribution in [0.4, 0.5) is 0 Å². The molecule has 0 fully saturated rings. The maximum atomic E-state index is 10.9. The van der Waals surface area contributed by atoms with Crippen LogP contribution in [0.2, 0.25) is 0 Å². The molecule has 4 nitrogen and oxygen atoms in total. The quantitative estimate of drug-likeness (QED) is 0.445. The van der Waals surface area contributed by atoms with Gasteiger partial charge in [-0.25, -0.2) is 4.79 Å². The molecule has 0 spiro atoms. The molecule has 110 valence electrons. The summed E-state index contributed by atoms with van der Waals surface area (Å²) < 4.78 is 16.0. The van der Waals surface area contributed by atoms with Gasteiger partial charge in [-0.2, -0.15) is 0 Å². The van der Waals surface area contributed by atoms with Crippen LogP contribution in [0.15, 0.2) is 49.1 Å². The highest BCUT2D eigenvalue weighted by Crippen LogP contribution is 2.28. The molecule has 4 heteroatoms. The van der Waals surface area contributed by atoms with Crippen molar-refractivity contribution in [1.82, 2.24) is 0 Å². The summed E-state index contributed by atoms with van der Waals surface area (Å²) in [6, 6.07) is 11.7. The van der Waals surface area contributed by atoms with Crippen LogP contribution < -0.4 is 9.47 Å². The number of rotatable bonds is 7. The lowest BCUT2D eigenvalue weighted by atomic mass is 10.1. The second kappa shape index (κ2) is 7.33. The van der Waals surface area contributed by atoms with E-state index in [1.807, 2.05) is 43.3 Å². The summed E-state index contributed by atoms with van der Waals surface area (Å²) in [6.07, 6.45) is 1.13. The van der Waals surface area contributed by atoms with Crippen molar-refractivity contribution in [3.63, 3.8) is 0 Å². The summed E-state index contributed by atoms with van der Waals surface area (Å²) in [5.41, 5.74) is 0. The van der Waals surface area contributed by atoms with Gasteiger partial charge in [0.05, 0.1) is 6.61 Å². The molecule has 2 aromatic carbocycles. The molecule has 2 rings (SSSR count). The summed E-state index contributed by atoms with van der Waals surface area (Å²) in [6.45, 7) is 6.41. The number of carbonyl (C=O) groups is 1. The fourth-order valence-electron chi connectivity index (χ4n) is 1.97. The molecule has 21 heavy (non-hydrogen) atoms. The van der Waals surface area contributed by atoms with Gasteiger partial charge in [-0.05, 0) is 36.6 Å². The Morgan fingerprint density at radius 2 is 2.05 bits per heavy atom. The highest BCUT2D eigenvalue weighted by atomic mass is 16.6. The first kappa shape index (κ1) is 14.9. The van der Waals surface area contributed by atoms with Crippen LogP contribution >= 0.6 is 0 Å². The Bertz CT molecular complexity index is 634. The zero-order chi connectivity index (χ0) is 15.1. The number of benzene rings is 2. The van der Waals surface area contributed by atoms with Crippen LogP contribution in [-0.2, 0) is 9.53 Å². The average molecular weight is 286 g/mol. The van der Waals surface area contributed by atoms with Gasteiger partial charge in [-0.3, -0.25) is 0 Å². The largest absolute Gasteiger partial charge is 0.494 e. The third-order valence-corrected chi connectivity index (χ3v) is 2.87. The van der Waals surface area contributed by atoms with Gasteiger partial charge in [-0.1, -0.05) is 18.7 Å². The number of hydrogen-bond donors (Lipinski definition) is 0. The van der Waals surface area contributed by atoms with Gasteiger partial charge in [0.25, 0.3) is 0 Å². The normalized spacial score (nSPS) is 10.1. The molecule has 0 atom stereocenters. The molecule has 0 heterocycles. The summed E-state index contributed by atoms with van der Waals surface area (Å²) >= 11 is 0. The SMILES string of the molecule is C=CC(=O)OCCOc1cccc2cc(OCC)ccc12.